The van der Waals surface area contributed by atoms with Crippen LogP contribution in [0.4, 0.5) is 5.82 Å². The standard InChI is InChI=1S/C43H68N7O9P/c1-5-6-7-8-9-10-11-12-13-14-15-16-17-18-19-20-23-55-30-38(56-29-36-24-35(26-44)27-47-28-36)31-57-60(52,53)58-33-43(32-45,54-4)40(59-42(2,3)51)25-37-21-22-39-41(46)48-34-49-50(37)39/h21-22,24,27-28,34,38,40,51H,5-20,23,25,29-31,33H2,1-4H3,(H,52,53)(H2,46,48,49)/t38-,40+,43-/m1/s1. The molecule has 0 aliphatic carbocycles. The van der Waals surface area contributed by atoms with Gasteiger partial charge in [-0.15, -0.1) is 0 Å². The smallest absolute Gasteiger partial charge is 0.382 e. The van der Waals surface area contributed by atoms with Crippen molar-refractivity contribution >= 4 is 19.2 Å². The van der Waals surface area contributed by atoms with Crippen molar-refractivity contribution in [3.8, 4) is 12.1 Å². The van der Waals surface area contributed by atoms with E-state index in [1.54, 1.807) is 24.4 Å². The number of nitriles is 2. The maximum absolute atomic E-state index is 13.3. The second-order valence-corrected chi connectivity index (χ2v) is 17.2. The first-order chi connectivity index (χ1) is 28.8. The number of aromatic nitrogens is 4. The summed E-state index contributed by atoms with van der Waals surface area (Å²) in [6.45, 7) is 4.42. The molecule has 0 fully saturated rings. The molecular formula is C43H68N7O9P. The molecule has 334 valence electrons. The van der Waals surface area contributed by atoms with Gasteiger partial charge in [-0.1, -0.05) is 103 Å². The highest BCUT2D eigenvalue weighted by Crippen LogP contribution is 2.45. The van der Waals surface area contributed by atoms with Crippen molar-refractivity contribution in [1.82, 2.24) is 19.6 Å². The Morgan fingerprint density at radius 2 is 1.55 bits per heavy atom. The van der Waals surface area contributed by atoms with Crippen LogP contribution in [0.25, 0.3) is 5.52 Å². The summed E-state index contributed by atoms with van der Waals surface area (Å²) in [5, 5.41) is 34.5. The van der Waals surface area contributed by atoms with Crippen LogP contribution in [0.2, 0.25) is 0 Å². The summed E-state index contributed by atoms with van der Waals surface area (Å²) in [5.41, 5.74) is 6.02. The molecule has 16 nitrogen and oxygen atoms in total. The molecule has 0 amide bonds. The van der Waals surface area contributed by atoms with Crippen LogP contribution in [-0.4, -0.2) is 86.7 Å². The lowest BCUT2D eigenvalue weighted by atomic mass is 9.94. The van der Waals surface area contributed by atoms with Gasteiger partial charge >= 0.3 is 7.82 Å². The molecule has 0 radical (unpaired) electrons. The van der Waals surface area contributed by atoms with Crippen LogP contribution in [0.5, 0.6) is 0 Å². The van der Waals surface area contributed by atoms with E-state index in [0.717, 1.165) is 19.3 Å². The van der Waals surface area contributed by atoms with Gasteiger partial charge in [0.25, 0.3) is 0 Å². The number of anilines is 1. The van der Waals surface area contributed by atoms with Crippen LogP contribution >= 0.6 is 7.82 Å². The summed E-state index contributed by atoms with van der Waals surface area (Å²) in [5.74, 6) is -1.51. The molecule has 0 saturated heterocycles. The third kappa shape index (κ3) is 19.0. The highest BCUT2D eigenvalue weighted by molar-refractivity contribution is 7.47. The lowest BCUT2D eigenvalue weighted by Crippen LogP contribution is -2.52. The Labute approximate surface area is 356 Å². The highest BCUT2D eigenvalue weighted by atomic mass is 31.2. The zero-order valence-corrected chi connectivity index (χ0v) is 37.0. The fourth-order valence-corrected chi connectivity index (χ4v) is 7.56. The van der Waals surface area contributed by atoms with Gasteiger partial charge in [-0.05, 0) is 44.0 Å². The van der Waals surface area contributed by atoms with Crippen molar-refractivity contribution in [3.05, 3.63) is 53.7 Å². The maximum Gasteiger partial charge on any atom is 0.472 e. The third-order valence-electron chi connectivity index (χ3n) is 10.2. The van der Waals surface area contributed by atoms with Crippen LogP contribution in [0.1, 0.15) is 140 Å². The Kier molecular flexibility index (Phi) is 23.2. The molecule has 0 aromatic carbocycles. The fourth-order valence-electron chi connectivity index (χ4n) is 6.78. The van der Waals surface area contributed by atoms with E-state index in [-0.39, 0.29) is 25.5 Å². The zero-order chi connectivity index (χ0) is 43.7. The van der Waals surface area contributed by atoms with Gasteiger partial charge in [0.2, 0.25) is 5.60 Å². The number of nitrogens with zero attached hydrogens (tertiary/aromatic N) is 6. The van der Waals surface area contributed by atoms with Crippen molar-refractivity contribution in [2.45, 2.75) is 160 Å². The van der Waals surface area contributed by atoms with Crippen LogP contribution in [0.3, 0.4) is 0 Å². The van der Waals surface area contributed by atoms with Crippen molar-refractivity contribution in [2.24, 2.45) is 0 Å². The molecule has 17 heteroatoms. The molecule has 3 heterocycles. The van der Waals surface area contributed by atoms with E-state index in [1.807, 2.05) is 12.1 Å². The van der Waals surface area contributed by atoms with Crippen molar-refractivity contribution in [3.63, 3.8) is 0 Å². The molecule has 3 aromatic rings. The average Bonchev–Trinajstić information content (AvgIpc) is 3.64. The van der Waals surface area contributed by atoms with Gasteiger partial charge in [-0.2, -0.15) is 15.6 Å². The number of phosphoric ester groups is 1. The average molecular weight is 858 g/mol. The van der Waals surface area contributed by atoms with E-state index in [9.17, 15) is 25.1 Å². The summed E-state index contributed by atoms with van der Waals surface area (Å²) in [6, 6.07) is 9.09. The molecule has 0 spiro atoms. The molecule has 1 unspecified atom stereocenters. The van der Waals surface area contributed by atoms with E-state index in [1.165, 1.54) is 121 Å². The molecule has 0 aliphatic heterocycles. The van der Waals surface area contributed by atoms with Crippen LogP contribution in [0.15, 0.2) is 36.9 Å². The van der Waals surface area contributed by atoms with Gasteiger partial charge in [0.15, 0.2) is 11.6 Å². The van der Waals surface area contributed by atoms with Crippen molar-refractivity contribution < 1.29 is 42.6 Å². The molecule has 4 atom stereocenters. The number of hydrogen-bond acceptors (Lipinski definition) is 14. The number of aliphatic hydroxyl groups is 1. The van der Waals surface area contributed by atoms with Gasteiger partial charge in [0.05, 0.1) is 25.4 Å². The molecule has 0 aliphatic rings. The van der Waals surface area contributed by atoms with E-state index in [0.29, 0.717) is 28.9 Å². The van der Waals surface area contributed by atoms with E-state index in [4.69, 9.17) is 33.7 Å². The van der Waals surface area contributed by atoms with Crippen LogP contribution in [0, 0.1) is 22.7 Å². The number of nitrogen functional groups attached to an aromatic ring is 1. The summed E-state index contributed by atoms with van der Waals surface area (Å²) in [7, 11) is -3.62. The first-order valence-corrected chi connectivity index (χ1v) is 22.9. The Balaban J connectivity index is 1.50. The zero-order valence-electron chi connectivity index (χ0n) is 36.1. The Hall–Kier alpha value is -3.54. The molecule has 0 bridgehead atoms. The first-order valence-electron chi connectivity index (χ1n) is 21.4. The minimum atomic E-state index is -4.85. The predicted octanol–water partition coefficient (Wildman–Crippen LogP) is 8.14. The second-order valence-electron chi connectivity index (χ2n) is 15.8. The lowest BCUT2D eigenvalue weighted by molar-refractivity contribution is -0.244. The maximum atomic E-state index is 13.3. The third-order valence-corrected chi connectivity index (χ3v) is 11.1. The number of rotatable bonds is 34. The van der Waals surface area contributed by atoms with Gasteiger partial charge in [-0.3, -0.25) is 14.0 Å². The molecule has 60 heavy (non-hydrogen) atoms. The fraction of sp³-hybridized carbons (Fsp3) is 0.698. The minimum Gasteiger partial charge on any atom is -0.382 e. The number of pyridine rings is 1. The van der Waals surface area contributed by atoms with Crippen LogP contribution < -0.4 is 5.73 Å². The lowest BCUT2D eigenvalue weighted by Gasteiger charge is -2.36. The molecule has 0 saturated carbocycles. The summed E-state index contributed by atoms with van der Waals surface area (Å²) in [4.78, 5) is 18.9. The number of nitrogens with two attached hydrogens (primary N) is 1. The molecular weight excluding hydrogens is 789 g/mol. The minimum absolute atomic E-state index is 0.0394. The first kappa shape index (κ1) is 50.8. The normalized spacial score (nSPS) is 14.9. The largest absolute Gasteiger partial charge is 0.472 e. The van der Waals surface area contributed by atoms with Crippen molar-refractivity contribution in [1.29, 1.82) is 10.5 Å². The summed E-state index contributed by atoms with van der Waals surface area (Å²) >= 11 is 0. The van der Waals surface area contributed by atoms with E-state index < -0.39 is 44.6 Å². The SMILES string of the molecule is CCCCCCCCCCCCCCCCCCOC[C@H](COP(=O)(O)OC[C@@](C#N)(OC)[C@H](Cc1ccc2c(N)ncnn12)OC(C)(C)O)OCc1cncc(C#N)c1. The van der Waals surface area contributed by atoms with Crippen LogP contribution in [-0.2, 0) is 45.6 Å². The predicted molar refractivity (Wildman–Crippen MR) is 227 cm³/mol. The number of ether oxygens (including phenoxy) is 4. The number of phosphoric acid groups is 1. The molecule has 3 rings (SSSR count). The Bertz CT molecular complexity index is 1790. The highest BCUT2D eigenvalue weighted by Gasteiger charge is 2.46. The number of methoxy groups -OCH3 is 1. The second kappa shape index (κ2) is 27.4. The number of fused-ring (bicyclic) bond motifs is 1. The quantitative estimate of drug-likeness (QED) is 0.0292. The molecule has 3 aromatic heterocycles. The Morgan fingerprint density at radius 1 is 0.917 bits per heavy atom. The van der Waals surface area contributed by atoms with Gasteiger partial charge in [0, 0.05) is 38.2 Å². The Morgan fingerprint density at radius 3 is 2.13 bits per heavy atom. The number of hydrogen-bond donors (Lipinski definition) is 3. The van der Waals surface area contributed by atoms with E-state index in [2.05, 4.69) is 22.0 Å². The van der Waals surface area contributed by atoms with Gasteiger partial charge in [0.1, 0.15) is 42.8 Å². The topological polar surface area (TPSA) is 230 Å². The monoisotopic (exact) mass is 857 g/mol. The van der Waals surface area contributed by atoms with Gasteiger partial charge in [-0.25, -0.2) is 14.1 Å². The van der Waals surface area contributed by atoms with Gasteiger partial charge < -0.3 is 34.7 Å². The summed E-state index contributed by atoms with van der Waals surface area (Å²) in [6.07, 6.45) is 22.5. The van der Waals surface area contributed by atoms with E-state index >= 15 is 0 Å². The number of unbranched alkanes of at least 4 members (excludes halogenated alkanes) is 15. The van der Waals surface area contributed by atoms with Crippen molar-refractivity contribution in [2.75, 3.05) is 39.3 Å². The summed E-state index contributed by atoms with van der Waals surface area (Å²) < 4.78 is 49.0. The molecule has 4 N–H and O–H groups in total.